The minimum absolute atomic E-state index is 0.881. The van der Waals surface area contributed by atoms with Crippen LogP contribution in [-0.4, -0.2) is 13.2 Å². The minimum Gasteiger partial charge on any atom is -0.382 e. The summed E-state index contributed by atoms with van der Waals surface area (Å²) in [6.07, 6.45) is 22.3. The molecule has 2 aliphatic carbocycles. The predicted octanol–water partition coefficient (Wildman–Crippen LogP) is 7.39. The summed E-state index contributed by atoms with van der Waals surface area (Å²) in [5.41, 5.74) is 0. The van der Waals surface area contributed by atoms with E-state index in [0.29, 0.717) is 0 Å². The SMILES string of the molecule is CCCCCC1CCC(C2CCC(CCCCOCC)CC2)CC1. The lowest BCUT2D eigenvalue weighted by Crippen LogP contribution is -2.26. The molecule has 0 bridgehead atoms. The van der Waals surface area contributed by atoms with Gasteiger partial charge in [0.2, 0.25) is 0 Å². The molecule has 0 spiro atoms. The molecule has 2 rings (SSSR count). The summed E-state index contributed by atoms with van der Waals surface area (Å²) in [5.74, 6) is 4.29. The van der Waals surface area contributed by atoms with Gasteiger partial charge in [0.15, 0.2) is 0 Å². The van der Waals surface area contributed by atoms with Crippen LogP contribution in [0.2, 0.25) is 0 Å². The molecule has 0 aliphatic heterocycles. The zero-order valence-corrected chi connectivity index (χ0v) is 16.7. The van der Waals surface area contributed by atoms with E-state index in [1.807, 2.05) is 0 Å². The molecule has 0 aromatic heterocycles. The summed E-state index contributed by atoms with van der Waals surface area (Å²) in [7, 11) is 0. The third kappa shape index (κ3) is 7.46. The Morgan fingerprint density at radius 3 is 1.58 bits per heavy atom. The van der Waals surface area contributed by atoms with Crippen molar-refractivity contribution in [2.24, 2.45) is 23.7 Å². The van der Waals surface area contributed by atoms with E-state index >= 15 is 0 Å². The Morgan fingerprint density at radius 2 is 1.12 bits per heavy atom. The van der Waals surface area contributed by atoms with Crippen LogP contribution in [0.25, 0.3) is 0 Å². The number of unbranched alkanes of at least 4 members (excludes halogenated alkanes) is 3. The third-order valence-electron chi connectivity index (χ3n) is 7.02. The quantitative estimate of drug-likeness (QED) is 0.357. The summed E-state index contributed by atoms with van der Waals surface area (Å²) in [6, 6.07) is 0. The Labute approximate surface area is 152 Å². The summed E-state index contributed by atoms with van der Waals surface area (Å²) in [6.45, 7) is 6.28. The summed E-state index contributed by atoms with van der Waals surface area (Å²) in [4.78, 5) is 0. The summed E-state index contributed by atoms with van der Waals surface area (Å²) >= 11 is 0. The molecule has 142 valence electrons. The first-order chi connectivity index (χ1) is 11.8. The molecular formula is C23H44O. The van der Waals surface area contributed by atoms with Crippen molar-refractivity contribution in [3.63, 3.8) is 0 Å². The molecule has 1 heteroatoms. The van der Waals surface area contributed by atoms with Gasteiger partial charge in [-0.1, -0.05) is 71.1 Å². The van der Waals surface area contributed by atoms with Gasteiger partial charge in [0.05, 0.1) is 0 Å². The van der Waals surface area contributed by atoms with Gasteiger partial charge in [-0.15, -0.1) is 0 Å². The zero-order valence-electron chi connectivity index (χ0n) is 16.7. The van der Waals surface area contributed by atoms with E-state index in [1.54, 1.807) is 38.5 Å². The number of ether oxygens (including phenoxy) is 1. The van der Waals surface area contributed by atoms with Crippen molar-refractivity contribution in [3.05, 3.63) is 0 Å². The van der Waals surface area contributed by atoms with Gasteiger partial charge in [0.1, 0.15) is 0 Å². The van der Waals surface area contributed by atoms with Gasteiger partial charge >= 0.3 is 0 Å². The fourth-order valence-electron chi connectivity index (χ4n) is 5.36. The van der Waals surface area contributed by atoms with Crippen molar-refractivity contribution in [1.29, 1.82) is 0 Å². The van der Waals surface area contributed by atoms with Gasteiger partial charge in [0.25, 0.3) is 0 Å². The smallest absolute Gasteiger partial charge is 0.0465 e. The average Bonchev–Trinajstić information content (AvgIpc) is 2.63. The molecule has 24 heavy (non-hydrogen) atoms. The second-order valence-corrected chi connectivity index (χ2v) is 8.75. The molecule has 2 fully saturated rings. The molecule has 0 amide bonds. The van der Waals surface area contributed by atoms with E-state index < -0.39 is 0 Å². The van der Waals surface area contributed by atoms with Crippen LogP contribution in [0.1, 0.15) is 110 Å². The Kier molecular flexibility index (Phi) is 10.4. The standard InChI is InChI=1S/C23H44O/c1-3-5-6-9-20-11-15-22(16-12-20)23-17-13-21(14-18-23)10-7-8-19-24-4-2/h20-23H,3-19H2,1-2H3. The second kappa shape index (κ2) is 12.3. The highest BCUT2D eigenvalue weighted by Crippen LogP contribution is 2.43. The normalized spacial score (nSPS) is 31.2. The maximum absolute atomic E-state index is 5.46. The molecule has 0 aromatic rings. The van der Waals surface area contributed by atoms with E-state index in [0.717, 1.165) is 36.9 Å². The predicted molar refractivity (Wildman–Crippen MR) is 105 cm³/mol. The highest BCUT2D eigenvalue weighted by molar-refractivity contribution is 4.82. The van der Waals surface area contributed by atoms with Crippen molar-refractivity contribution >= 4 is 0 Å². The van der Waals surface area contributed by atoms with Gasteiger partial charge in [-0.3, -0.25) is 0 Å². The molecule has 0 heterocycles. The van der Waals surface area contributed by atoms with E-state index in [2.05, 4.69) is 13.8 Å². The molecular weight excluding hydrogens is 292 g/mol. The number of hydrogen-bond donors (Lipinski definition) is 0. The summed E-state index contributed by atoms with van der Waals surface area (Å²) in [5, 5.41) is 0. The third-order valence-corrected chi connectivity index (χ3v) is 7.02. The van der Waals surface area contributed by atoms with Gasteiger partial charge in [-0.2, -0.15) is 0 Å². The van der Waals surface area contributed by atoms with Gasteiger partial charge in [-0.05, 0) is 62.7 Å². The van der Waals surface area contributed by atoms with Gasteiger partial charge < -0.3 is 4.74 Å². The molecule has 0 atom stereocenters. The molecule has 0 unspecified atom stereocenters. The lowest BCUT2D eigenvalue weighted by Gasteiger charge is -2.38. The van der Waals surface area contributed by atoms with E-state index in [1.165, 1.54) is 57.8 Å². The number of rotatable bonds is 11. The lowest BCUT2D eigenvalue weighted by atomic mass is 9.68. The van der Waals surface area contributed by atoms with Crippen LogP contribution < -0.4 is 0 Å². The minimum atomic E-state index is 0.881. The Bertz CT molecular complexity index is 284. The Morgan fingerprint density at radius 1 is 0.625 bits per heavy atom. The highest BCUT2D eigenvalue weighted by atomic mass is 16.5. The first-order valence-corrected chi connectivity index (χ1v) is 11.4. The van der Waals surface area contributed by atoms with Crippen LogP contribution in [0.5, 0.6) is 0 Å². The van der Waals surface area contributed by atoms with Crippen LogP contribution in [0.4, 0.5) is 0 Å². The zero-order chi connectivity index (χ0) is 17.0. The molecule has 2 saturated carbocycles. The van der Waals surface area contributed by atoms with Crippen molar-refractivity contribution in [3.8, 4) is 0 Å². The van der Waals surface area contributed by atoms with E-state index in [-0.39, 0.29) is 0 Å². The largest absolute Gasteiger partial charge is 0.382 e. The van der Waals surface area contributed by atoms with Crippen molar-refractivity contribution in [1.82, 2.24) is 0 Å². The van der Waals surface area contributed by atoms with E-state index in [4.69, 9.17) is 4.74 Å². The molecule has 0 N–H and O–H groups in total. The fraction of sp³-hybridized carbons (Fsp3) is 1.00. The van der Waals surface area contributed by atoms with Crippen molar-refractivity contribution in [2.45, 2.75) is 110 Å². The Hall–Kier alpha value is -0.0400. The average molecular weight is 337 g/mol. The van der Waals surface area contributed by atoms with Gasteiger partial charge in [0, 0.05) is 13.2 Å². The van der Waals surface area contributed by atoms with Gasteiger partial charge in [-0.25, -0.2) is 0 Å². The second-order valence-electron chi connectivity index (χ2n) is 8.75. The molecule has 2 aliphatic rings. The molecule has 1 nitrogen and oxygen atoms in total. The number of hydrogen-bond acceptors (Lipinski definition) is 1. The van der Waals surface area contributed by atoms with Crippen LogP contribution in [0, 0.1) is 23.7 Å². The maximum Gasteiger partial charge on any atom is 0.0465 e. The molecule has 0 saturated heterocycles. The van der Waals surface area contributed by atoms with Crippen molar-refractivity contribution < 1.29 is 4.74 Å². The van der Waals surface area contributed by atoms with Crippen LogP contribution in [0.3, 0.4) is 0 Å². The monoisotopic (exact) mass is 336 g/mol. The first kappa shape index (κ1) is 20.3. The first-order valence-electron chi connectivity index (χ1n) is 11.4. The Balaban J connectivity index is 1.53. The fourth-order valence-corrected chi connectivity index (χ4v) is 5.36. The lowest BCUT2D eigenvalue weighted by molar-refractivity contribution is 0.130. The molecule has 0 radical (unpaired) electrons. The highest BCUT2D eigenvalue weighted by Gasteiger charge is 2.30. The van der Waals surface area contributed by atoms with Crippen LogP contribution >= 0.6 is 0 Å². The summed E-state index contributed by atoms with van der Waals surface area (Å²) < 4.78 is 5.46. The maximum atomic E-state index is 5.46. The van der Waals surface area contributed by atoms with Crippen LogP contribution in [-0.2, 0) is 4.74 Å². The van der Waals surface area contributed by atoms with Crippen molar-refractivity contribution in [2.75, 3.05) is 13.2 Å². The van der Waals surface area contributed by atoms with Crippen LogP contribution in [0.15, 0.2) is 0 Å². The topological polar surface area (TPSA) is 9.23 Å². The van der Waals surface area contributed by atoms with E-state index in [9.17, 15) is 0 Å². The molecule has 0 aromatic carbocycles.